The molecule has 0 aliphatic carbocycles. The molecule has 0 radical (unpaired) electrons. The molecule has 0 aromatic heterocycles. The molecule has 2 aromatic rings. The summed E-state index contributed by atoms with van der Waals surface area (Å²) in [7, 11) is 0. The van der Waals surface area contributed by atoms with Gasteiger partial charge in [-0.15, -0.1) is 0 Å². The van der Waals surface area contributed by atoms with E-state index in [9.17, 15) is 4.79 Å². The van der Waals surface area contributed by atoms with Crippen molar-refractivity contribution in [3.05, 3.63) is 64.1 Å². The number of nitrogens with one attached hydrogen (secondary N) is 1. The minimum absolute atomic E-state index is 0.222. The number of amides is 1. The second-order valence-corrected chi connectivity index (χ2v) is 5.17. The zero-order valence-electron chi connectivity index (χ0n) is 10.8. The van der Waals surface area contributed by atoms with Gasteiger partial charge in [0.15, 0.2) is 0 Å². The Hall–Kier alpha value is -1.85. The summed E-state index contributed by atoms with van der Waals surface area (Å²) in [6.07, 6.45) is 0.245. The molecule has 0 saturated carbocycles. The number of rotatable bonds is 5. The molecule has 0 heterocycles. The van der Waals surface area contributed by atoms with Gasteiger partial charge in [0.05, 0.1) is 6.42 Å². The third-order valence-corrected chi connectivity index (χ3v) is 3.31. The second kappa shape index (κ2) is 7.07. The van der Waals surface area contributed by atoms with Crippen molar-refractivity contribution in [2.24, 2.45) is 5.84 Å². The fourth-order valence-corrected chi connectivity index (χ4v) is 2.19. The molecular formula is C15H15BrN2O2. The van der Waals surface area contributed by atoms with Crippen molar-refractivity contribution < 1.29 is 9.53 Å². The first-order chi connectivity index (χ1) is 9.69. The average molecular weight is 335 g/mol. The third kappa shape index (κ3) is 4.08. The Kier molecular flexibility index (Phi) is 5.15. The van der Waals surface area contributed by atoms with Gasteiger partial charge >= 0.3 is 0 Å². The van der Waals surface area contributed by atoms with Crippen molar-refractivity contribution in [2.75, 3.05) is 0 Å². The minimum Gasteiger partial charge on any atom is -0.489 e. The van der Waals surface area contributed by atoms with E-state index in [1.54, 1.807) is 0 Å². The van der Waals surface area contributed by atoms with E-state index < -0.39 is 0 Å². The molecule has 0 saturated heterocycles. The van der Waals surface area contributed by atoms with E-state index in [1.165, 1.54) is 0 Å². The number of carbonyl (C=O) groups is 1. The molecule has 3 N–H and O–H groups in total. The normalized spacial score (nSPS) is 10.1. The van der Waals surface area contributed by atoms with Gasteiger partial charge in [0, 0.05) is 4.47 Å². The van der Waals surface area contributed by atoms with Crippen LogP contribution in [0.5, 0.6) is 5.75 Å². The second-order valence-electron chi connectivity index (χ2n) is 4.26. The summed E-state index contributed by atoms with van der Waals surface area (Å²) in [6, 6.07) is 15.3. The molecule has 0 aliphatic heterocycles. The molecule has 0 fully saturated rings. The van der Waals surface area contributed by atoms with Crippen molar-refractivity contribution in [1.82, 2.24) is 5.43 Å². The van der Waals surface area contributed by atoms with E-state index in [2.05, 4.69) is 21.4 Å². The SMILES string of the molecule is NNC(=O)Cc1ccccc1COc1cccc(Br)c1. The van der Waals surface area contributed by atoms with Crippen LogP contribution in [0, 0.1) is 0 Å². The van der Waals surface area contributed by atoms with Crippen LogP contribution in [0.4, 0.5) is 0 Å². The number of halogens is 1. The first-order valence-electron chi connectivity index (χ1n) is 6.13. The lowest BCUT2D eigenvalue weighted by Crippen LogP contribution is -2.31. The van der Waals surface area contributed by atoms with E-state index in [0.717, 1.165) is 21.3 Å². The van der Waals surface area contributed by atoms with E-state index in [4.69, 9.17) is 10.6 Å². The summed E-state index contributed by atoms with van der Waals surface area (Å²) in [5, 5.41) is 0. The fraction of sp³-hybridized carbons (Fsp3) is 0.133. The predicted molar refractivity (Wildman–Crippen MR) is 81.0 cm³/mol. The molecule has 104 valence electrons. The van der Waals surface area contributed by atoms with Crippen molar-refractivity contribution in [1.29, 1.82) is 0 Å². The van der Waals surface area contributed by atoms with Crippen LogP contribution in [0.3, 0.4) is 0 Å². The Morgan fingerprint density at radius 1 is 1.15 bits per heavy atom. The smallest absolute Gasteiger partial charge is 0.238 e. The van der Waals surface area contributed by atoms with E-state index in [-0.39, 0.29) is 12.3 Å². The van der Waals surface area contributed by atoms with Crippen LogP contribution >= 0.6 is 15.9 Å². The van der Waals surface area contributed by atoms with Gasteiger partial charge in [0.1, 0.15) is 12.4 Å². The highest BCUT2D eigenvalue weighted by Gasteiger charge is 2.07. The molecule has 1 amide bonds. The summed E-state index contributed by atoms with van der Waals surface area (Å²) in [6.45, 7) is 0.407. The summed E-state index contributed by atoms with van der Waals surface area (Å²) in [4.78, 5) is 11.4. The highest BCUT2D eigenvalue weighted by Crippen LogP contribution is 2.20. The average Bonchev–Trinajstić information content (AvgIpc) is 2.46. The van der Waals surface area contributed by atoms with Crippen LogP contribution in [0.15, 0.2) is 53.0 Å². The molecule has 5 heteroatoms. The lowest BCUT2D eigenvalue weighted by atomic mass is 10.1. The Bertz CT molecular complexity index is 602. The Balaban J connectivity index is 2.07. The maximum absolute atomic E-state index is 11.4. The quantitative estimate of drug-likeness (QED) is 0.501. The van der Waals surface area contributed by atoms with Crippen LogP contribution in [-0.2, 0) is 17.8 Å². The Morgan fingerprint density at radius 2 is 1.90 bits per heavy atom. The lowest BCUT2D eigenvalue weighted by Gasteiger charge is -2.11. The first kappa shape index (κ1) is 14.6. The van der Waals surface area contributed by atoms with Gasteiger partial charge in [0.2, 0.25) is 5.91 Å². The molecule has 0 aliphatic rings. The summed E-state index contributed by atoms with van der Waals surface area (Å²) >= 11 is 3.40. The molecule has 0 spiro atoms. The zero-order chi connectivity index (χ0) is 14.4. The maximum Gasteiger partial charge on any atom is 0.238 e. The van der Waals surface area contributed by atoms with Crippen molar-refractivity contribution in [3.63, 3.8) is 0 Å². The Labute approximate surface area is 126 Å². The van der Waals surface area contributed by atoms with Gasteiger partial charge in [-0.1, -0.05) is 46.3 Å². The maximum atomic E-state index is 11.4. The van der Waals surface area contributed by atoms with Gasteiger partial charge in [-0.05, 0) is 29.3 Å². The number of carbonyl (C=O) groups excluding carboxylic acids is 1. The van der Waals surface area contributed by atoms with Gasteiger partial charge in [-0.3, -0.25) is 10.2 Å². The molecule has 2 aromatic carbocycles. The molecule has 2 rings (SSSR count). The van der Waals surface area contributed by atoms with E-state index in [1.807, 2.05) is 48.5 Å². The number of ether oxygens (including phenoxy) is 1. The van der Waals surface area contributed by atoms with Gasteiger partial charge in [-0.2, -0.15) is 0 Å². The van der Waals surface area contributed by atoms with Crippen molar-refractivity contribution in [2.45, 2.75) is 13.0 Å². The number of hydrazine groups is 1. The van der Waals surface area contributed by atoms with Gasteiger partial charge in [-0.25, -0.2) is 5.84 Å². The molecule has 4 nitrogen and oxygen atoms in total. The molecular weight excluding hydrogens is 320 g/mol. The van der Waals surface area contributed by atoms with E-state index in [0.29, 0.717) is 6.61 Å². The lowest BCUT2D eigenvalue weighted by molar-refractivity contribution is -0.120. The highest BCUT2D eigenvalue weighted by molar-refractivity contribution is 9.10. The summed E-state index contributed by atoms with van der Waals surface area (Å²) in [5.41, 5.74) is 4.01. The molecule has 0 bridgehead atoms. The van der Waals surface area contributed by atoms with Crippen LogP contribution in [0.2, 0.25) is 0 Å². The predicted octanol–water partition coefficient (Wildman–Crippen LogP) is 2.56. The number of hydrogen-bond donors (Lipinski definition) is 2. The number of nitrogens with two attached hydrogens (primary N) is 1. The van der Waals surface area contributed by atoms with Crippen molar-refractivity contribution in [3.8, 4) is 5.75 Å². The van der Waals surface area contributed by atoms with Gasteiger partial charge in [0.25, 0.3) is 0 Å². The highest BCUT2D eigenvalue weighted by atomic mass is 79.9. The monoisotopic (exact) mass is 334 g/mol. The summed E-state index contributed by atoms with van der Waals surface area (Å²) < 4.78 is 6.70. The van der Waals surface area contributed by atoms with Crippen LogP contribution in [0.25, 0.3) is 0 Å². The summed E-state index contributed by atoms with van der Waals surface area (Å²) in [5.74, 6) is 5.67. The topological polar surface area (TPSA) is 64.3 Å². The Morgan fingerprint density at radius 3 is 2.60 bits per heavy atom. The number of benzene rings is 2. The van der Waals surface area contributed by atoms with Crippen LogP contribution in [-0.4, -0.2) is 5.91 Å². The third-order valence-electron chi connectivity index (χ3n) is 2.82. The first-order valence-corrected chi connectivity index (χ1v) is 6.93. The molecule has 20 heavy (non-hydrogen) atoms. The van der Waals surface area contributed by atoms with Crippen molar-refractivity contribution >= 4 is 21.8 Å². The molecule has 0 atom stereocenters. The number of hydrogen-bond acceptors (Lipinski definition) is 3. The van der Waals surface area contributed by atoms with Gasteiger partial charge < -0.3 is 4.74 Å². The standard InChI is InChI=1S/C15H15BrN2O2/c16-13-6-3-7-14(9-13)20-10-12-5-2-1-4-11(12)8-15(19)18-17/h1-7,9H,8,10,17H2,(H,18,19). The fourth-order valence-electron chi connectivity index (χ4n) is 1.81. The molecule has 0 unspecified atom stereocenters. The minimum atomic E-state index is -0.222. The zero-order valence-corrected chi connectivity index (χ0v) is 12.4. The van der Waals surface area contributed by atoms with Crippen LogP contribution < -0.4 is 16.0 Å². The van der Waals surface area contributed by atoms with Crippen LogP contribution in [0.1, 0.15) is 11.1 Å². The van der Waals surface area contributed by atoms with E-state index >= 15 is 0 Å². The largest absolute Gasteiger partial charge is 0.489 e.